The van der Waals surface area contributed by atoms with Crippen molar-refractivity contribution in [1.82, 2.24) is 19.7 Å². The van der Waals surface area contributed by atoms with Crippen molar-refractivity contribution in [3.63, 3.8) is 0 Å². The van der Waals surface area contributed by atoms with Gasteiger partial charge in [0, 0.05) is 6.20 Å². The van der Waals surface area contributed by atoms with Crippen LogP contribution >= 0.6 is 11.3 Å². The molecule has 0 aliphatic carbocycles. The van der Waals surface area contributed by atoms with Crippen LogP contribution in [0.4, 0.5) is 32.0 Å². The summed E-state index contributed by atoms with van der Waals surface area (Å²) in [5.74, 6) is -0.569. The molecular weight excluding hydrogens is 484 g/mol. The van der Waals surface area contributed by atoms with E-state index in [1.807, 2.05) is 0 Å². The molecule has 6 nitrogen and oxygen atoms in total. The van der Waals surface area contributed by atoms with Gasteiger partial charge in [-0.2, -0.15) is 31.4 Å². The van der Waals surface area contributed by atoms with E-state index in [9.17, 15) is 31.1 Å². The van der Waals surface area contributed by atoms with Crippen LogP contribution in [-0.4, -0.2) is 25.7 Å². The first-order chi connectivity index (χ1) is 15.9. The second-order valence-electron chi connectivity index (χ2n) is 7.00. The molecule has 1 N–H and O–H groups in total. The van der Waals surface area contributed by atoms with Crippen molar-refractivity contribution in [2.24, 2.45) is 0 Å². The molecule has 0 fully saturated rings. The Hall–Kier alpha value is -3.74. The van der Waals surface area contributed by atoms with Crippen molar-refractivity contribution in [3.8, 4) is 16.4 Å². The number of nitrogens with zero attached hydrogens (tertiary/aromatic N) is 4. The maximum absolute atomic E-state index is 13.4. The van der Waals surface area contributed by atoms with Gasteiger partial charge < -0.3 is 5.32 Å². The predicted octanol–water partition coefficient (Wildman–Crippen LogP) is 5.99. The number of rotatable bonds is 4. The molecule has 0 radical (unpaired) electrons. The van der Waals surface area contributed by atoms with Gasteiger partial charge in [0.1, 0.15) is 9.88 Å². The van der Waals surface area contributed by atoms with Gasteiger partial charge >= 0.3 is 12.4 Å². The van der Waals surface area contributed by atoms with Crippen LogP contribution in [-0.2, 0) is 12.4 Å². The average Bonchev–Trinajstić information content (AvgIpc) is 3.39. The maximum atomic E-state index is 13.4. The maximum Gasteiger partial charge on any atom is 0.418 e. The molecule has 1 amide bonds. The smallest absolute Gasteiger partial charge is 0.319 e. The number of amides is 1. The molecule has 3 aromatic heterocycles. The van der Waals surface area contributed by atoms with E-state index in [0.29, 0.717) is 28.5 Å². The van der Waals surface area contributed by atoms with E-state index in [0.717, 1.165) is 28.4 Å². The molecule has 0 unspecified atom stereocenters. The van der Waals surface area contributed by atoms with E-state index in [2.05, 4.69) is 20.4 Å². The molecule has 4 aromatic rings. The Bertz CT molecular complexity index is 1340. The Kier molecular flexibility index (Phi) is 5.89. The van der Waals surface area contributed by atoms with Crippen LogP contribution < -0.4 is 5.32 Å². The molecule has 13 heteroatoms. The lowest BCUT2D eigenvalue weighted by molar-refractivity contribution is -0.143. The van der Waals surface area contributed by atoms with E-state index in [1.165, 1.54) is 0 Å². The highest BCUT2D eigenvalue weighted by Gasteiger charge is 2.38. The molecule has 0 saturated carbocycles. The Labute approximate surface area is 191 Å². The average molecular weight is 497 g/mol. The molecule has 0 aliphatic rings. The van der Waals surface area contributed by atoms with Crippen molar-refractivity contribution in [1.29, 1.82) is 0 Å². The topological polar surface area (TPSA) is 72.7 Å². The summed E-state index contributed by atoms with van der Waals surface area (Å²) in [4.78, 5) is 21.5. The fourth-order valence-corrected chi connectivity index (χ4v) is 3.99. The zero-order valence-electron chi connectivity index (χ0n) is 17.1. The lowest BCUT2D eigenvalue weighted by atomic mass is 10.1. The van der Waals surface area contributed by atoms with Crippen LogP contribution in [0.5, 0.6) is 0 Å². The van der Waals surface area contributed by atoms with Crippen LogP contribution in [0.25, 0.3) is 16.4 Å². The minimum absolute atomic E-state index is 0.0229. The molecule has 0 spiro atoms. The third kappa shape index (κ3) is 4.78. The molecule has 0 aliphatic heterocycles. The molecule has 176 valence electrons. The molecule has 1 aromatic carbocycles. The first-order valence-corrected chi connectivity index (χ1v) is 10.3. The van der Waals surface area contributed by atoms with E-state index in [1.54, 1.807) is 31.3 Å². The third-order valence-electron chi connectivity index (χ3n) is 4.60. The summed E-state index contributed by atoms with van der Waals surface area (Å²) in [6, 6.07) is 6.46. The number of pyridine rings is 1. The molecular formula is C21H13F6N5OS. The number of hydrogen-bond donors (Lipinski definition) is 1. The van der Waals surface area contributed by atoms with Gasteiger partial charge in [-0.1, -0.05) is 6.07 Å². The number of anilines is 1. The van der Waals surface area contributed by atoms with Crippen molar-refractivity contribution in [3.05, 3.63) is 76.7 Å². The number of benzene rings is 1. The number of carbonyl (C=O) groups excluding carboxylic acids is 1. The standard InChI is InChI=1S/C21H13F6N5OS/c1-11-17(34-19(30-11)15-4-2-3-7-28-15)18(33)31-13-9-29-32(10-13)16-6-5-12(20(22,23)24)8-14(16)21(25,26)27/h2-10H,1H3,(H,31,33). The second kappa shape index (κ2) is 8.56. The Morgan fingerprint density at radius 1 is 1.06 bits per heavy atom. The fraction of sp³-hybridized carbons (Fsp3) is 0.143. The van der Waals surface area contributed by atoms with Crippen molar-refractivity contribution < 1.29 is 31.1 Å². The molecule has 0 saturated heterocycles. The lowest BCUT2D eigenvalue weighted by Crippen LogP contribution is -2.14. The number of alkyl halides is 6. The minimum Gasteiger partial charge on any atom is -0.319 e. The second-order valence-corrected chi connectivity index (χ2v) is 8.00. The van der Waals surface area contributed by atoms with Crippen LogP contribution in [0.1, 0.15) is 26.5 Å². The summed E-state index contributed by atoms with van der Waals surface area (Å²) >= 11 is 1.08. The van der Waals surface area contributed by atoms with E-state index in [4.69, 9.17) is 0 Å². The monoisotopic (exact) mass is 497 g/mol. The number of aromatic nitrogens is 4. The SMILES string of the molecule is Cc1nc(-c2ccccn2)sc1C(=O)Nc1cnn(-c2ccc(C(F)(F)F)cc2C(F)(F)F)c1. The largest absolute Gasteiger partial charge is 0.418 e. The van der Waals surface area contributed by atoms with Gasteiger partial charge in [0.15, 0.2) is 0 Å². The normalized spacial score (nSPS) is 12.1. The highest BCUT2D eigenvalue weighted by atomic mass is 32.1. The van der Waals surface area contributed by atoms with E-state index < -0.39 is 35.1 Å². The number of thiazole rings is 1. The predicted molar refractivity (Wildman–Crippen MR) is 112 cm³/mol. The Balaban J connectivity index is 1.60. The molecule has 0 bridgehead atoms. The quantitative estimate of drug-likeness (QED) is 0.352. The number of halogens is 6. The van der Waals surface area contributed by atoms with Gasteiger partial charge in [0.25, 0.3) is 5.91 Å². The summed E-state index contributed by atoms with van der Waals surface area (Å²) in [6.07, 6.45) is -6.26. The third-order valence-corrected chi connectivity index (χ3v) is 5.78. The zero-order valence-corrected chi connectivity index (χ0v) is 17.9. The van der Waals surface area contributed by atoms with Crippen molar-refractivity contribution in [2.45, 2.75) is 19.3 Å². The van der Waals surface area contributed by atoms with Gasteiger partial charge in [0.2, 0.25) is 0 Å². The van der Waals surface area contributed by atoms with Crippen LogP contribution in [0.15, 0.2) is 55.0 Å². The number of hydrogen-bond acceptors (Lipinski definition) is 5. The number of aryl methyl sites for hydroxylation is 1. The van der Waals surface area contributed by atoms with Crippen LogP contribution in [0, 0.1) is 6.92 Å². The van der Waals surface area contributed by atoms with Crippen molar-refractivity contribution in [2.75, 3.05) is 5.32 Å². The van der Waals surface area contributed by atoms with Gasteiger partial charge in [-0.25, -0.2) is 9.67 Å². The van der Waals surface area contributed by atoms with Gasteiger partial charge in [-0.05, 0) is 37.3 Å². The first-order valence-electron chi connectivity index (χ1n) is 9.47. The molecule has 0 atom stereocenters. The summed E-state index contributed by atoms with van der Waals surface area (Å²) < 4.78 is 79.8. The minimum atomic E-state index is -5.06. The highest BCUT2D eigenvalue weighted by molar-refractivity contribution is 7.17. The summed E-state index contributed by atoms with van der Waals surface area (Å²) in [5, 5.41) is 6.80. The Morgan fingerprint density at radius 2 is 1.82 bits per heavy atom. The summed E-state index contributed by atoms with van der Waals surface area (Å²) in [7, 11) is 0. The molecule has 3 heterocycles. The van der Waals surface area contributed by atoms with E-state index >= 15 is 0 Å². The number of nitrogens with one attached hydrogen (secondary N) is 1. The first kappa shape index (κ1) is 23.4. The lowest BCUT2D eigenvalue weighted by Gasteiger charge is -2.15. The van der Waals surface area contributed by atoms with Gasteiger partial charge in [0.05, 0.1) is 46.3 Å². The summed E-state index contributed by atoms with van der Waals surface area (Å²) in [5.41, 5.74) is -2.52. The van der Waals surface area contributed by atoms with E-state index in [-0.39, 0.29) is 16.6 Å². The van der Waals surface area contributed by atoms with Crippen LogP contribution in [0.2, 0.25) is 0 Å². The number of carbonyl (C=O) groups is 1. The zero-order chi connectivity index (χ0) is 24.7. The fourth-order valence-electron chi connectivity index (χ4n) is 3.05. The van der Waals surface area contributed by atoms with Crippen LogP contribution in [0.3, 0.4) is 0 Å². The Morgan fingerprint density at radius 3 is 2.47 bits per heavy atom. The van der Waals surface area contributed by atoms with Crippen molar-refractivity contribution >= 4 is 22.9 Å². The molecule has 34 heavy (non-hydrogen) atoms. The highest BCUT2D eigenvalue weighted by Crippen LogP contribution is 2.38. The van der Waals surface area contributed by atoms with Gasteiger partial charge in [-0.3, -0.25) is 9.78 Å². The van der Waals surface area contributed by atoms with Gasteiger partial charge in [-0.15, -0.1) is 11.3 Å². The summed E-state index contributed by atoms with van der Waals surface area (Å²) in [6.45, 7) is 1.62. The molecule has 4 rings (SSSR count).